The Bertz CT molecular complexity index is 1060. The van der Waals surface area contributed by atoms with E-state index >= 15 is 0 Å². The first-order valence-electron chi connectivity index (χ1n) is 13.1. The van der Waals surface area contributed by atoms with Gasteiger partial charge in [0, 0.05) is 30.3 Å². The van der Waals surface area contributed by atoms with Crippen molar-refractivity contribution in [2.24, 2.45) is 0 Å². The lowest BCUT2D eigenvalue weighted by Crippen LogP contribution is -2.42. The van der Waals surface area contributed by atoms with Crippen molar-refractivity contribution in [3.05, 3.63) is 65.2 Å². The summed E-state index contributed by atoms with van der Waals surface area (Å²) in [5.74, 6) is -0.508. The topological polar surface area (TPSA) is 130 Å². The molecule has 38 heavy (non-hydrogen) atoms. The van der Waals surface area contributed by atoms with Gasteiger partial charge in [0.15, 0.2) is 6.29 Å². The summed E-state index contributed by atoms with van der Waals surface area (Å²) in [6.07, 6.45) is 1.64. The maximum Gasteiger partial charge on any atom is 0.325 e. The predicted octanol–water partition coefficient (Wildman–Crippen LogP) is 2.87. The number of rotatable bonds is 10. The zero-order valence-electron chi connectivity index (χ0n) is 21.7. The van der Waals surface area contributed by atoms with E-state index in [2.05, 4.69) is 15.5 Å². The van der Waals surface area contributed by atoms with Gasteiger partial charge in [-0.25, -0.2) is 4.79 Å². The fourth-order valence-electron chi connectivity index (χ4n) is 4.94. The largest absolute Gasteiger partial charge is 0.465 e. The molecule has 2 aromatic rings. The molecule has 0 unspecified atom stereocenters. The van der Waals surface area contributed by atoms with Gasteiger partial charge in [-0.3, -0.25) is 9.69 Å². The highest BCUT2D eigenvalue weighted by molar-refractivity contribution is 5.91. The van der Waals surface area contributed by atoms with Crippen LogP contribution in [0.2, 0.25) is 0 Å². The molecule has 2 fully saturated rings. The average Bonchev–Trinajstić information content (AvgIpc) is 3.39. The molecule has 10 nitrogen and oxygen atoms in total. The Balaban J connectivity index is 1.48. The molecule has 2 saturated heterocycles. The van der Waals surface area contributed by atoms with Crippen molar-refractivity contribution < 1.29 is 34.0 Å². The minimum atomic E-state index is -0.671. The molecule has 0 radical (unpaired) electrons. The van der Waals surface area contributed by atoms with Crippen molar-refractivity contribution in [2.75, 3.05) is 38.2 Å². The van der Waals surface area contributed by atoms with Crippen LogP contribution in [0.1, 0.15) is 55.3 Å². The number of ether oxygens (including phenoxy) is 3. The highest BCUT2D eigenvalue weighted by atomic mass is 16.7. The Hall–Kier alpha value is -3.02. The highest BCUT2D eigenvalue weighted by Crippen LogP contribution is 2.39. The summed E-state index contributed by atoms with van der Waals surface area (Å²) >= 11 is 0. The maximum atomic E-state index is 12.3. The van der Waals surface area contributed by atoms with Gasteiger partial charge in [0.05, 0.1) is 32.0 Å². The number of benzene rings is 2. The van der Waals surface area contributed by atoms with Crippen LogP contribution in [0.5, 0.6) is 0 Å². The second kappa shape index (κ2) is 13.7. The van der Waals surface area contributed by atoms with Crippen molar-refractivity contribution in [1.29, 1.82) is 0 Å². The fraction of sp³-hybridized carbons (Fsp3) is 0.500. The van der Waals surface area contributed by atoms with Gasteiger partial charge < -0.3 is 35.1 Å². The minimum Gasteiger partial charge on any atom is -0.465 e. The Morgan fingerprint density at radius 3 is 2.66 bits per heavy atom. The molecule has 2 amide bonds. The van der Waals surface area contributed by atoms with Gasteiger partial charge in [0.2, 0.25) is 0 Å². The van der Waals surface area contributed by atoms with Crippen LogP contribution in [0.15, 0.2) is 48.5 Å². The fourth-order valence-corrected chi connectivity index (χ4v) is 4.94. The Morgan fingerprint density at radius 2 is 1.92 bits per heavy atom. The summed E-state index contributed by atoms with van der Waals surface area (Å²) in [4.78, 5) is 26.1. The third-order valence-electron chi connectivity index (χ3n) is 6.88. The molecular weight excluding hydrogens is 490 g/mol. The third kappa shape index (κ3) is 7.52. The van der Waals surface area contributed by atoms with Gasteiger partial charge in [-0.05, 0) is 49.6 Å². The molecule has 10 heteroatoms. The summed E-state index contributed by atoms with van der Waals surface area (Å²) in [6, 6.07) is 14.5. The van der Waals surface area contributed by atoms with Gasteiger partial charge in [0.25, 0.3) is 0 Å². The SMILES string of the molecule is CCOC(=O)CNC(=O)Nc1cccc([C@@H]2O[C@H](CN3CCC[C@H]3CO)C[C@H](c3ccc(CO)cc3)O2)c1. The smallest absolute Gasteiger partial charge is 0.325 e. The number of esters is 1. The van der Waals surface area contributed by atoms with Gasteiger partial charge in [0.1, 0.15) is 6.54 Å². The third-order valence-corrected chi connectivity index (χ3v) is 6.88. The number of carbonyl (C=O) groups is 2. The van der Waals surface area contributed by atoms with Crippen LogP contribution in [0.3, 0.4) is 0 Å². The van der Waals surface area contributed by atoms with Gasteiger partial charge in [-0.2, -0.15) is 0 Å². The molecular formula is C28H37N3O7. The molecule has 2 aliphatic heterocycles. The zero-order valence-corrected chi connectivity index (χ0v) is 21.7. The number of aliphatic hydroxyl groups is 2. The van der Waals surface area contributed by atoms with E-state index in [1.807, 2.05) is 30.3 Å². The van der Waals surface area contributed by atoms with E-state index in [0.717, 1.165) is 36.1 Å². The molecule has 4 atom stereocenters. The molecule has 2 aliphatic rings. The molecule has 0 saturated carbocycles. The summed E-state index contributed by atoms with van der Waals surface area (Å²) < 4.78 is 17.6. The molecule has 2 heterocycles. The second-order valence-electron chi connectivity index (χ2n) is 9.56. The summed E-state index contributed by atoms with van der Waals surface area (Å²) in [7, 11) is 0. The van der Waals surface area contributed by atoms with Crippen LogP contribution < -0.4 is 10.6 Å². The molecule has 0 bridgehead atoms. The number of likely N-dealkylation sites (tertiary alicyclic amines) is 1. The summed E-state index contributed by atoms with van der Waals surface area (Å²) in [6.45, 7) is 3.44. The van der Waals surface area contributed by atoms with Crippen molar-refractivity contribution in [1.82, 2.24) is 10.2 Å². The van der Waals surface area contributed by atoms with E-state index in [1.165, 1.54) is 0 Å². The lowest BCUT2D eigenvalue weighted by atomic mass is 9.99. The normalized spacial score (nSPS) is 23.7. The van der Waals surface area contributed by atoms with Gasteiger partial charge in [-0.15, -0.1) is 0 Å². The number of nitrogens with zero attached hydrogens (tertiary/aromatic N) is 1. The van der Waals surface area contributed by atoms with Crippen LogP contribution in [0.25, 0.3) is 0 Å². The number of amides is 2. The Labute approximate surface area is 222 Å². The first-order chi connectivity index (χ1) is 18.5. The van der Waals surface area contributed by atoms with Crippen LogP contribution in [0.4, 0.5) is 10.5 Å². The van der Waals surface area contributed by atoms with Crippen molar-refractivity contribution in [3.63, 3.8) is 0 Å². The first-order valence-corrected chi connectivity index (χ1v) is 13.1. The van der Waals surface area contributed by atoms with E-state index < -0.39 is 18.3 Å². The molecule has 2 aromatic carbocycles. The number of anilines is 1. The molecule has 0 spiro atoms. The Kier molecular flexibility index (Phi) is 10.1. The van der Waals surface area contributed by atoms with Crippen LogP contribution in [-0.4, -0.2) is 72.1 Å². The predicted molar refractivity (Wildman–Crippen MR) is 140 cm³/mol. The number of urea groups is 1. The summed E-state index contributed by atoms with van der Waals surface area (Å²) in [5.41, 5.74) is 3.10. The number of hydrogen-bond acceptors (Lipinski definition) is 8. The van der Waals surface area contributed by atoms with Gasteiger partial charge in [-0.1, -0.05) is 36.4 Å². The second-order valence-corrected chi connectivity index (χ2v) is 9.56. The lowest BCUT2D eigenvalue weighted by molar-refractivity contribution is -0.253. The lowest BCUT2D eigenvalue weighted by Gasteiger charge is -2.38. The van der Waals surface area contributed by atoms with E-state index in [0.29, 0.717) is 18.7 Å². The average molecular weight is 528 g/mol. The summed E-state index contributed by atoms with van der Waals surface area (Å²) in [5, 5.41) is 24.4. The Morgan fingerprint density at radius 1 is 1.11 bits per heavy atom. The molecule has 206 valence electrons. The number of aliphatic hydroxyl groups excluding tert-OH is 2. The quantitative estimate of drug-likeness (QED) is 0.347. The standard InChI is InChI=1S/C28H37N3O7/c1-2-36-26(34)15-29-28(35)30-22-6-3-5-21(13-22)27-37-24(16-31-12-4-7-23(31)18-33)14-25(38-27)20-10-8-19(17-32)9-11-20/h3,5-6,8-11,13,23-25,27,32-33H,2,4,7,12,14-18H2,1H3,(H2,29,30,35)/t23-,24-,25+,27+/m0/s1. The van der Waals surface area contributed by atoms with Crippen LogP contribution >= 0.6 is 0 Å². The minimum absolute atomic E-state index is 0.0230. The molecule has 0 aliphatic carbocycles. The van der Waals surface area contributed by atoms with Crippen LogP contribution in [0, 0.1) is 0 Å². The maximum absolute atomic E-state index is 12.3. The van der Waals surface area contributed by atoms with Crippen LogP contribution in [-0.2, 0) is 25.6 Å². The van der Waals surface area contributed by atoms with Crippen molar-refractivity contribution in [3.8, 4) is 0 Å². The monoisotopic (exact) mass is 527 g/mol. The number of nitrogens with one attached hydrogen (secondary N) is 2. The van der Waals surface area contributed by atoms with E-state index in [1.54, 1.807) is 25.1 Å². The number of hydrogen-bond donors (Lipinski definition) is 4. The molecule has 0 aromatic heterocycles. The number of carbonyl (C=O) groups excluding carboxylic acids is 2. The van der Waals surface area contributed by atoms with Crippen molar-refractivity contribution >= 4 is 17.7 Å². The van der Waals surface area contributed by atoms with E-state index in [4.69, 9.17) is 14.2 Å². The van der Waals surface area contributed by atoms with E-state index in [-0.39, 0.29) is 44.6 Å². The zero-order chi connectivity index (χ0) is 26.9. The van der Waals surface area contributed by atoms with E-state index in [9.17, 15) is 19.8 Å². The first kappa shape index (κ1) is 28.0. The molecule has 4 rings (SSSR count). The van der Waals surface area contributed by atoms with Gasteiger partial charge >= 0.3 is 12.0 Å². The highest BCUT2D eigenvalue weighted by Gasteiger charge is 2.35. The van der Waals surface area contributed by atoms with Crippen molar-refractivity contribution in [2.45, 2.75) is 57.3 Å². The molecule has 4 N–H and O–H groups in total.